The maximum atomic E-state index is 4.53. The average molecular weight is 449 g/mol. The van der Waals surface area contributed by atoms with Gasteiger partial charge in [-0.05, 0) is 100 Å². The van der Waals surface area contributed by atoms with Crippen LogP contribution in [0.5, 0.6) is 0 Å². The van der Waals surface area contributed by atoms with Crippen LogP contribution >= 0.6 is 0 Å². The van der Waals surface area contributed by atoms with Crippen LogP contribution in [0.3, 0.4) is 0 Å². The van der Waals surface area contributed by atoms with Gasteiger partial charge in [-0.15, -0.1) is 0 Å². The van der Waals surface area contributed by atoms with Gasteiger partial charge in [0.2, 0.25) is 0 Å². The van der Waals surface area contributed by atoms with E-state index in [4.69, 9.17) is 0 Å². The van der Waals surface area contributed by atoms with E-state index in [1.54, 1.807) is 0 Å². The molecule has 0 atom stereocenters. The standard InChI is InChI=1S/C34H40/c1-4-25-15-17-33(28(5-2)20-25)24(3)18-30-12-9-13-34(30)32-22-29-16-14-27(21-31(29)23-32)19-26-10-7-6-8-11-26/h12-17,20-21,23,26H,3-11,18-19,22H2,1-2H3. The van der Waals surface area contributed by atoms with Crippen molar-refractivity contribution in [3.05, 3.63) is 105 Å². The van der Waals surface area contributed by atoms with E-state index in [1.165, 1.54) is 94.2 Å². The molecule has 3 aliphatic carbocycles. The Morgan fingerprint density at radius 1 is 0.912 bits per heavy atom. The molecule has 0 heterocycles. The molecule has 176 valence electrons. The Morgan fingerprint density at radius 2 is 1.74 bits per heavy atom. The monoisotopic (exact) mass is 448 g/mol. The van der Waals surface area contributed by atoms with Crippen molar-refractivity contribution in [1.82, 2.24) is 0 Å². The summed E-state index contributed by atoms with van der Waals surface area (Å²) in [6.07, 6.45) is 21.0. The van der Waals surface area contributed by atoms with Crippen LogP contribution in [0.1, 0.15) is 92.2 Å². The van der Waals surface area contributed by atoms with Gasteiger partial charge in [-0.3, -0.25) is 0 Å². The summed E-state index contributed by atoms with van der Waals surface area (Å²) >= 11 is 0. The normalized spacial score (nSPS) is 17.9. The highest BCUT2D eigenvalue weighted by Gasteiger charge is 2.22. The van der Waals surface area contributed by atoms with Gasteiger partial charge in [0.1, 0.15) is 0 Å². The molecule has 1 saturated carbocycles. The van der Waals surface area contributed by atoms with Gasteiger partial charge in [0.25, 0.3) is 0 Å². The van der Waals surface area contributed by atoms with Crippen LogP contribution in [-0.4, -0.2) is 0 Å². The number of allylic oxidation sites excluding steroid dienone is 6. The number of hydrogen-bond donors (Lipinski definition) is 0. The Balaban J connectivity index is 1.29. The van der Waals surface area contributed by atoms with Gasteiger partial charge in [-0.2, -0.15) is 0 Å². The van der Waals surface area contributed by atoms with Crippen molar-refractivity contribution in [3.63, 3.8) is 0 Å². The second-order valence-electron chi connectivity index (χ2n) is 10.6. The third kappa shape index (κ3) is 4.92. The lowest BCUT2D eigenvalue weighted by molar-refractivity contribution is 0.356. The highest BCUT2D eigenvalue weighted by atomic mass is 14.3. The first-order valence-corrected chi connectivity index (χ1v) is 13.7. The highest BCUT2D eigenvalue weighted by Crippen LogP contribution is 2.39. The Labute approximate surface area is 207 Å². The molecule has 1 fully saturated rings. The van der Waals surface area contributed by atoms with Crippen molar-refractivity contribution in [2.45, 2.75) is 84.5 Å². The minimum atomic E-state index is 0.897. The van der Waals surface area contributed by atoms with Gasteiger partial charge in [0.05, 0.1) is 0 Å². The molecule has 5 rings (SSSR count). The van der Waals surface area contributed by atoms with E-state index >= 15 is 0 Å². The first-order chi connectivity index (χ1) is 16.6. The SMILES string of the molecule is C=C(CC1=CCC=C1C1=Cc2cc(CC3CCCCC3)ccc2C1)c1ccc(CC)cc1CC. The van der Waals surface area contributed by atoms with Crippen LogP contribution in [0.25, 0.3) is 11.6 Å². The molecule has 34 heavy (non-hydrogen) atoms. The summed E-state index contributed by atoms with van der Waals surface area (Å²) < 4.78 is 0. The Morgan fingerprint density at radius 3 is 2.53 bits per heavy atom. The first kappa shape index (κ1) is 23.2. The van der Waals surface area contributed by atoms with Crippen LogP contribution in [0.15, 0.2) is 71.8 Å². The number of benzene rings is 2. The average Bonchev–Trinajstić information content (AvgIpc) is 3.50. The highest BCUT2D eigenvalue weighted by molar-refractivity contribution is 5.76. The maximum absolute atomic E-state index is 4.53. The van der Waals surface area contributed by atoms with E-state index in [0.29, 0.717) is 0 Å². The van der Waals surface area contributed by atoms with Gasteiger partial charge in [0, 0.05) is 0 Å². The molecule has 2 aromatic rings. The summed E-state index contributed by atoms with van der Waals surface area (Å²) in [6.45, 7) is 9.02. The van der Waals surface area contributed by atoms with Gasteiger partial charge in [0.15, 0.2) is 0 Å². The Kier molecular flexibility index (Phi) is 7.05. The zero-order valence-corrected chi connectivity index (χ0v) is 21.3. The van der Waals surface area contributed by atoms with Gasteiger partial charge >= 0.3 is 0 Å². The molecule has 0 spiro atoms. The zero-order chi connectivity index (χ0) is 23.5. The summed E-state index contributed by atoms with van der Waals surface area (Å²) in [6, 6.07) is 14.2. The number of hydrogen-bond acceptors (Lipinski definition) is 0. The second kappa shape index (κ2) is 10.3. The Bertz CT molecular complexity index is 1160. The third-order valence-corrected chi connectivity index (χ3v) is 8.29. The molecule has 0 nitrogen and oxygen atoms in total. The van der Waals surface area contributed by atoms with Crippen molar-refractivity contribution in [2.24, 2.45) is 5.92 Å². The number of aryl methyl sites for hydroxylation is 2. The predicted octanol–water partition coefficient (Wildman–Crippen LogP) is 9.23. The smallest absolute Gasteiger partial charge is 0.00137 e. The van der Waals surface area contributed by atoms with Crippen LogP contribution in [-0.2, 0) is 25.7 Å². The molecule has 0 unspecified atom stereocenters. The zero-order valence-electron chi connectivity index (χ0n) is 21.3. The lowest BCUT2D eigenvalue weighted by Gasteiger charge is -2.21. The molecular weight excluding hydrogens is 408 g/mol. The summed E-state index contributed by atoms with van der Waals surface area (Å²) in [5.41, 5.74) is 14.4. The molecule has 3 aliphatic rings. The van der Waals surface area contributed by atoms with E-state index in [-0.39, 0.29) is 0 Å². The van der Waals surface area contributed by atoms with E-state index in [9.17, 15) is 0 Å². The van der Waals surface area contributed by atoms with Gasteiger partial charge < -0.3 is 0 Å². The van der Waals surface area contributed by atoms with E-state index in [2.05, 4.69) is 75.1 Å². The predicted molar refractivity (Wildman–Crippen MR) is 148 cm³/mol. The fraction of sp³-hybridized carbons (Fsp3) is 0.412. The topological polar surface area (TPSA) is 0 Å². The van der Waals surface area contributed by atoms with E-state index in [1.807, 2.05) is 0 Å². The molecular formula is C34H40. The fourth-order valence-corrected chi connectivity index (χ4v) is 6.30. The lowest BCUT2D eigenvalue weighted by Crippen LogP contribution is -2.09. The molecule has 0 radical (unpaired) electrons. The molecule has 2 aromatic carbocycles. The number of fused-ring (bicyclic) bond motifs is 1. The van der Waals surface area contributed by atoms with Crippen LogP contribution in [0.2, 0.25) is 0 Å². The molecule has 0 N–H and O–H groups in total. The van der Waals surface area contributed by atoms with Crippen LogP contribution in [0, 0.1) is 5.92 Å². The minimum Gasteiger partial charge on any atom is -0.0949 e. The molecule has 0 bridgehead atoms. The van der Waals surface area contributed by atoms with Crippen molar-refractivity contribution in [3.8, 4) is 0 Å². The second-order valence-corrected chi connectivity index (χ2v) is 10.6. The molecule has 0 saturated heterocycles. The summed E-state index contributed by atoms with van der Waals surface area (Å²) in [5.74, 6) is 0.897. The largest absolute Gasteiger partial charge is 0.0949 e. The van der Waals surface area contributed by atoms with Crippen LogP contribution in [0.4, 0.5) is 0 Å². The first-order valence-electron chi connectivity index (χ1n) is 13.7. The molecule has 0 amide bonds. The lowest BCUT2D eigenvalue weighted by atomic mass is 9.84. The Hall–Kier alpha value is -2.60. The van der Waals surface area contributed by atoms with Gasteiger partial charge in [-0.25, -0.2) is 0 Å². The van der Waals surface area contributed by atoms with E-state index in [0.717, 1.165) is 38.0 Å². The minimum absolute atomic E-state index is 0.897. The summed E-state index contributed by atoms with van der Waals surface area (Å²) in [7, 11) is 0. The van der Waals surface area contributed by atoms with Crippen molar-refractivity contribution >= 4 is 11.6 Å². The third-order valence-electron chi connectivity index (χ3n) is 8.29. The van der Waals surface area contributed by atoms with Crippen LogP contribution < -0.4 is 0 Å². The quantitative estimate of drug-likeness (QED) is 0.377. The molecule has 0 heteroatoms. The van der Waals surface area contributed by atoms with Crippen molar-refractivity contribution in [2.75, 3.05) is 0 Å². The van der Waals surface area contributed by atoms with Crippen molar-refractivity contribution < 1.29 is 0 Å². The fourth-order valence-electron chi connectivity index (χ4n) is 6.30. The maximum Gasteiger partial charge on any atom is -0.00137 e. The van der Waals surface area contributed by atoms with Gasteiger partial charge in [-0.1, -0.05) is 107 Å². The summed E-state index contributed by atoms with van der Waals surface area (Å²) in [4.78, 5) is 0. The molecule has 0 aromatic heterocycles. The summed E-state index contributed by atoms with van der Waals surface area (Å²) in [5, 5.41) is 0. The number of rotatable bonds is 8. The molecule has 0 aliphatic heterocycles. The van der Waals surface area contributed by atoms with E-state index < -0.39 is 0 Å². The van der Waals surface area contributed by atoms with Crippen molar-refractivity contribution in [1.29, 1.82) is 0 Å².